The van der Waals surface area contributed by atoms with E-state index in [2.05, 4.69) is 10.3 Å². The molecule has 0 unspecified atom stereocenters. The van der Waals surface area contributed by atoms with Gasteiger partial charge in [-0.1, -0.05) is 0 Å². The van der Waals surface area contributed by atoms with Crippen molar-refractivity contribution in [3.05, 3.63) is 58.3 Å². The largest absolute Gasteiger partial charge is 0.496 e. The van der Waals surface area contributed by atoms with Gasteiger partial charge >= 0.3 is 0 Å². The maximum atomic E-state index is 13.2. The molecule has 0 atom stereocenters. The minimum absolute atomic E-state index is 0.0362. The molecule has 0 spiro atoms. The zero-order valence-electron chi connectivity index (χ0n) is 17.5. The second-order valence-electron chi connectivity index (χ2n) is 8.01. The van der Waals surface area contributed by atoms with Gasteiger partial charge in [0, 0.05) is 17.8 Å². The molecule has 4 heterocycles. The SMILES string of the molecule is COc1cc2c(=O)n(C3CCNCC3)ccc2cc1-c1cc(C)c2nc(C)cn2n1. The Balaban J connectivity index is 1.67. The molecule has 1 fully saturated rings. The van der Waals surface area contributed by atoms with E-state index in [1.165, 1.54) is 0 Å². The van der Waals surface area contributed by atoms with E-state index in [1.54, 1.807) is 11.6 Å². The molecule has 7 heteroatoms. The van der Waals surface area contributed by atoms with Gasteiger partial charge in [0.25, 0.3) is 5.56 Å². The summed E-state index contributed by atoms with van der Waals surface area (Å²) in [6, 6.07) is 8.13. The Morgan fingerprint density at radius 2 is 1.97 bits per heavy atom. The molecule has 30 heavy (non-hydrogen) atoms. The third kappa shape index (κ3) is 3.06. The molecule has 0 bridgehead atoms. The molecule has 0 aliphatic carbocycles. The van der Waals surface area contributed by atoms with Gasteiger partial charge < -0.3 is 14.6 Å². The number of aryl methyl sites for hydroxylation is 2. The Hall–Kier alpha value is -3.19. The number of nitrogens with one attached hydrogen (secondary N) is 1. The Kier molecular flexibility index (Phi) is 4.55. The number of hydrogen-bond donors (Lipinski definition) is 1. The molecule has 7 nitrogen and oxygen atoms in total. The third-order valence-electron chi connectivity index (χ3n) is 5.96. The Labute approximate surface area is 174 Å². The van der Waals surface area contributed by atoms with Crippen LogP contribution in [-0.4, -0.2) is 39.4 Å². The molecule has 1 saturated heterocycles. The van der Waals surface area contributed by atoms with Gasteiger partial charge in [-0.2, -0.15) is 5.10 Å². The van der Waals surface area contributed by atoms with Gasteiger partial charge in [0.1, 0.15) is 5.75 Å². The van der Waals surface area contributed by atoms with Crippen LogP contribution >= 0.6 is 0 Å². The molecule has 1 aromatic carbocycles. The van der Waals surface area contributed by atoms with E-state index >= 15 is 0 Å². The van der Waals surface area contributed by atoms with Gasteiger partial charge in [-0.25, -0.2) is 9.50 Å². The van der Waals surface area contributed by atoms with Crippen molar-refractivity contribution in [2.75, 3.05) is 20.2 Å². The van der Waals surface area contributed by atoms with Gasteiger partial charge in [0.2, 0.25) is 0 Å². The fourth-order valence-corrected chi connectivity index (χ4v) is 4.41. The molecule has 0 amide bonds. The molecule has 1 aliphatic heterocycles. The highest BCUT2D eigenvalue weighted by Crippen LogP contribution is 2.33. The minimum Gasteiger partial charge on any atom is -0.496 e. The number of imidazole rings is 1. The lowest BCUT2D eigenvalue weighted by atomic mass is 10.0. The average Bonchev–Trinajstić information content (AvgIpc) is 3.15. The number of piperidine rings is 1. The molecule has 1 N–H and O–H groups in total. The number of hydrogen-bond acceptors (Lipinski definition) is 5. The molecular formula is C23H25N5O2. The molecule has 0 radical (unpaired) electrons. The maximum absolute atomic E-state index is 13.2. The zero-order valence-corrected chi connectivity index (χ0v) is 17.5. The predicted octanol–water partition coefficient (Wildman–Crippen LogP) is 3.26. The van der Waals surface area contributed by atoms with E-state index in [9.17, 15) is 4.79 Å². The van der Waals surface area contributed by atoms with Crippen LogP contribution in [0, 0.1) is 13.8 Å². The van der Waals surface area contributed by atoms with Gasteiger partial charge in [0.15, 0.2) is 5.65 Å². The Morgan fingerprint density at radius 3 is 2.73 bits per heavy atom. The van der Waals surface area contributed by atoms with E-state index in [1.807, 2.05) is 55.1 Å². The number of benzene rings is 1. The van der Waals surface area contributed by atoms with Crippen molar-refractivity contribution >= 4 is 16.4 Å². The maximum Gasteiger partial charge on any atom is 0.258 e. The monoisotopic (exact) mass is 403 g/mol. The fourth-order valence-electron chi connectivity index (χ4n) is 4.41. The van der Waals surface area contributed by atoms with Crippen LogP contribution in [0.4, 0.5) is 0 Å². The molecular weight excluding hydrogens is 378 g/mol. The van der Waals surface area contributed by atoms with Crippen molar-refractivity contribution in [2.45, 2.75) is 32.7 Å². The van der Waals surface area contributed by atoms with Crippen molar-refractivity contribution in [1.29, 1.82) is 0 Å². The van der Waals surface area contributed by atoms with Crippen molar-refractivity contribution in [2.24, 2.45) is 0 Å². The summed E-state index contributed by atoms with van der Waals surface area (Å²) >= 11 is 0. The highest BCUT2D eigenvalue weighted by Gasteiger charge is 2.19. The smallest absolute Gasteiger partial charge is 0.258 e. The Bertz CT molecular complexity index is 1310. The fraction of sp³-hybridized carbons (Fsp3) is 0.348. The van der Waals surface area contributed by atoms with E-state index in [-0.39, 0.29) is 11.6 Å². The predicted molar refractivity (Wildman–Crippen MR) is 117 cm³/mol. The van der Waals surface area contributed by atoms with Crippen LogP contribution in [-0.2, 0) is 0 Å². The van der Waals surface area contributed by atoms with Crippen LogP contribution in [0.2, 0.25) is 0 Å². The zero-order chi connectivity index (χ0) is 20.8. The number of pyridine rings is 1. The molecule has 4 aromatic rings. The number of fused-ring (bicyclic) bond motifs is 2. The van der Waals surface area contributed by atoms with Crippen LogP contribution in [0.15, 0.2) is 41.5 Å². The first-order chi connectivity index (χ1) is 14.5. The molecule has 0 saturated carbocycles. The van der Waals surface area contributed by atoms with E-state index in [0.29, 0.717) is 11.1 Å². The van der Waals surface area contributed by atoms with E-state index in [4.69, 9.17) is 9.84 Å². The van der Waals surface area contributed by atoms with Gasteiger partial charge in [-0.15, -0.1) is 0 Å². The first kappa shape index (κ1) is 18.8. The molecule has 5 rings (SSSR count). The summed E-state index contributed by atoms with van der Waals surface area (Å²) in [5, 5.41) is 9.66. The highest BCUT2D eigenvalue weighted by atomic mass is 16.5. The molecule has 3 aromatic heterocycles. The average molecular weight is 403 g/mol. The van der Waals surface area contributed by atoms with Gasteiger partial charge in [0.05, 0.1) is 30.1 Å². The lowest BCUT2D eigenvalue weighted by Gasteiger charge is -2.25. The quantitative estimate of drug-likeness (QED) is 0.568. The number of aromatic nitrogens is 4. The van der Waals surface area contributed by atoms with Crippen LogP contribution in [0.1, 0.15) is 30.1 Å². The lowest BCUT2D eigenvalue weighted by molar-refractivity contribution is 0.362. The summed E-state index contributed by atoms with van der Waals surface area (Å²) in [6.45, 7) is 5.87. The summed E-state index contributed by atoms with van der Waals surface area (Å²) in [4.78, 5) is 17.8. The summed E-state index contributed by atoms with van der Waals surface area (Å²) in [7, 11) is 1.63. The third-order valence-corrected chi connectivity index (χ3v) is 5.96. The van der Waals surface area contributed by atoms with E-state index in [0.717, 1.165) is 59.5 Å². The number of methoxy groups -OCH3 is 1. The normalized spacial score (nSPS) is 15.2. The lowest BCUT2D eigenvalue weighted by Crippen LogP contribution is -2.34. The van der Waals surface area contributed by atoms with Crippen molar-refractivity contribution in [3.8, 4) is 17.0 Å². The van der Waals surface area contributed by atoms with Gasteiger partial charge in [-0.05, 0) is 75.0 Å². The number of ether oxygens (including phenoxy) is 1. The standard InChI is InChI=1S/C23H25N5O2/c1-14-10-20(26-28-13-15(2)25-22(14)28)19-11-16-6-9-27(17-4-7-24-8-5-17)23(29)18(16)12-21(19)30-3/h6,9-13,17,24H,4-5,7-8H2,1-3H3. The summed E-state index contributed by atoms with van der Waals surface area (Å²) < 4.78 is 9.37. The molecule has 1 aliphatic rings. The van der Waals surface area contributed by atoms with Crippen LogP contribution in [0.25, 0.3) is 27.7 Å². The van der Waals surface area contributed by atoms with Crippen LogP contribution in [0.3, 0.4) is 0 Å². The second-order valence-corrected chi connectivity index (χ2v) is 8.01. The second kappa shape index (κ2) is 7.25. The first-order valence-electron chi connectivity index (χ1n) is 10.3. The van der Waals surface area contributed by atoms with Crippen LogP contribution in [0.5, 0.6) is 5.75 Å². The van der Waals surface area contributed by atoms with Crippen LogP contribution < -0.4 is 15.6 Å². The first-order valence-corrected chi connectivity index (χ1v) is 10.3. The van der Waals surface area contributed by atoms with Crippen molar-refractivity contribution in [3.63, 3.8) is 0 Å². The summed E-state index contributed by atoms with van der Waals surface area (Å²) in [5.41, 5.74) is 4.50. The number of rotatable bonds is 3. The van der Waals surface area contributed by atoms with E-state index < -0.39 is 0 Å². The summed E-state index contributed by atoms with van der Waals surface area (Å²) in [5.74, 6) is 0.644. The minimum atomic E-state index is 0.0362. The van der Waals surface area contributed by atoms with Gasteiger partial charge in [-0.3, -0.25) is 4.79 Å². The highest BCUT2D eigenvalue weighted by molar-refractivity contribution is 5.89. The number of nitrogens with zero attached hydrogens (tertiary/aromatic N) is 4. The Morgan fingerprint density at radius 1 is 1.17 bits per heavy atom. The van der Waals surface area contributed by atoms with Crippen molar-refractivity contribution in [1.82, 2.24) is 24.5 Å². The summed E-state index contributed by atoms with van der Waals surface area (Å²) in [6.07, 6.45) is 5.78. The van der Waals surface area contributed by atoms with Crippen molar-refractivity contribution < 1.29 is 4.74 Å². The topological polar surface area (TPSA) is 73.5 Å². The molecule has 154 valence electrons.